The van der Waals surface area contributed by atoms with Crippen molar-refractivity contribution in [3.8, 4) is 0 Å². The quantitative estimate of drug-likeness (QED) is 0.435. The first-order chi connectivity index (χ1) is 3.84. The monoisotopic (exact) mass is 107 g/mol. The minimum atomic E-state index is 0.618. The highest BCUT2D eigenvalue weighted by Gasteiger charge is 1.90. The first-order valence-electron chi connectivity index (χ1n) is 2.48. The molecule has 1 rings (SSSR count). The molecule has 4 heteroatoms. The van der Waals surface area contributed by atoms with E-state index in [2.05, 4.69) is 10.3 Å². The molecule has 0 saturated carbocycles. The fourth-order valence-corrected chi connectivity index (χ4v) is 0.511. The van der Waals surface area contributed by atoms with Crippen LogP contribution >= 0.6 is 0 Å². The lowest BCUT2D eigenvalue weighted by Crippen LogP contribution is -2.16. The molecule has 0 aromatic carbocycles. The van der Waals surface area contributed by atoms with E-state index in [1.165, 1.54) is 6.20 Å². The second-order valence-corrected chi connectivity index (χ2v) is 1.47. The highest BCUT2D eigenvalue weighted by molar-refractivity contribution is 6.30. The third kappa shape index (κ3) is 0.733. The molecule has 1 aromatic heterocycles. The SMILES string of the molecule is [B]c1cnnn1CC. The standard InChI is InChI=1S/C4H6BN3/c1-2-8-4(5)3-6-7-8/h3H,2H2,1H3. The maximum atomic E-state index is 5.39. The summed E-state index contributed by atoms with van der Waals surface area (Å²) >= 11 is 0. The van der Waals surface area contributed by atoms with Crippen molar-refractivity contribution >= 4 is 13.4 Å². The minimum Gasteiger partial charge on any atom is -0.260 e. The van der Waals surface area contributed by atoms with Crippen molar-refractivity contribution in [3.05, 3.63) is 6.20 Å². The number of nitrogens with zero attached hydrogens (tertiary/aromatic N) is 3. The van der Waals surface area contributed by atoms with Gasteiger partial charge in [0.1, 0.15) is 7.85 Å². The van der Waals surface area contributed by atoms with E-state index >= 15 is 0 Å². The molecule has 0 unspecified atom stereocenters. The largest absolute Gasteiger partial charge is 0.260 e. The molecule has 0 fully saturated rings. The van der Waals surface area contributed by atoms with E-state index in [0.29, 0.717) is 5.59 Å². The van der Waals surface area contributed by atoms with E-state index in [0.717, 1.165) is 6.54 Å². The third-order valence-electron chi connectivity index (χ3n) is 0.947. The third-order valence-corrected chi connectivity index (χ3v) is 0.947. The van der Waals surface area contributed by atoms with Crippen molar-refractivity contribution < 1.29 is 0 Å². The van der Waals surface area contributed by atoms with Crippen LogP contribution in [0.15, 0.2) is 6.20 Å². The number of aromatic nitrogens is 3. The summed E-state index contributed by atoms with van der Waals surface area (Å²) in [4.78, 5) is 0. The predicted molar refractivity (Wildman–Crippen MR) is 31.1 cm³/mol. The van der Waals surface area contributed by atoms with Crippen LogP contribution in [0.3, 0.4) is 0 Å². The Labute approximate surface area is 49.1 Å². The van der Waals surface area contributed by atoms with Gasteiger partial charge in [-0.3, -0.25) is 4.68 Å². The Bertz CT molecular complexity index is 172. The van der Waals surface area contributed by atoms with Gasteiger partial charge in [-0.1, -0.05) is 5.21 Å². The van der Waals surface area contributed by atoms with Crippen LogP contribution in [0.2, 0.25) is 0 Å². The Hall–Kier alpha value is -0.795. The van der Waals surface area contributed by atoms with Crippen LogP contribution in [0.1, 0.15) is 6.92 Å². The summed E-state index contributed by atoms with van der Waals surface area (Å²) in [6.07, 6.45) is 1.53. The molecule has 0 atom stereocenters. The molecule has 0 N–H and O–H groups in total. The maximum Gasteiger partial charge on any atom is 0.143 e. The van der Waals surface area contributed by atoms with Crippen molar-refractivity contribution in [1.82, 2.24) is 15.0 Å². The lowest BCUT2D eigenvalue weighted by atomic mass is 10.1. The van der Waals surface area contributed by atoms with Crippen molar-refractivity contribution in [2.24, 2.45) is 0 Å². The van der Waals surface area contributed by atoms with Gasteiger partial charge >= 0.3 is 0 Å². The van der Waals surface area contributed by atoms with Gasteiger partial charge in [0.15, 0.2) is 0 Å². The lowest BCUT2D eigenvalue weighted by Gasteiger charge is -1.93. The maximum absolute atomic E-state index is 5.39. The second kappa shape index (κ2) is 1.98. The van der Waals surface area contributed by atoms with Crippen LogP contribution in [-0.2, 0) is 6.54 Å². The molecule has 0 amide bonds. The Morgan fingerprint density at radius 1 is 1.88 bits per heavy atom. The van der Waals surface area contributed by atoms with Gasteiger partial charge in [0.05, 0.1) is 6.20 Å². The van der Waals surface area contributed by atoms with Gasteiger partial charge in [0.2, 0.25) is 0 Å². The van der Waals surface area contributed by atoms with Gasteiger partial charge in [0.25, 0.3) is 0 Å². The van der Waals surface area contributed by atoms with E-state index in [-0.39, 0.29) is 0 Å². The second-order valence-electron chi connectivity index (χ2n) is 1.47. The Morgan fingerprint density at radius 2 is 2.62 bits per heavy atom. The van der Waals surface area contributed by atoms with E-state index in [1.807, 2.05) is 6.92 Å². The van der Waals surface area contributed by atoms with Gasteiger partial charge < -0.3 is 0 Å². The van der Waals surface area contributed by atoms with Gasteiger partial charge in [-0.25, -0.2) is 0 Å². The highest BCUT2D eigenvalue weighted by Crippen LogP contribution is 1.71. The molecule has 2 radical (unpaired) electrons. The smallest absolute Gasteiger partial charge is 0.143 e. The summed E-state index contributed by atoms with van der Waals surface area (Å²) in [6.45, 7) is 2.75. The number of aryl methyl sites for hydroxylation is 1. The summed E-state index contributed by atoms with van der Waals surface area (Å²) in [6, 6.07) is 0. The first-order valence-corrected chi connectivity index (χ1v) is 2.48. The number of rotatable bonds is 1. The van der Waals surface area contributed by atoms with Gasteiger partial charge in [-0.05, 0) is 6.92 Å². The molecule has 1 aromatic rings. The molecule has 8 heavy (non-hydrogen) atoms. The van der Waals surface area contributed by atoms with Crippen LogP contribution in [0.4, 0.5) is 0 Å². The highest BCUT2D eigenvalue weighted by atomic mass is 15.4. The normalized spacial score (nSPS) is 9.62. The van der Waals surface area contributed by atoms with E-state index in [1.54, 1.807) is 4.68 Å². The number of hydrogen-bond donors (Lipinski definition) is 0. The van der Waals surface area contributed by atoms with Crippen LogP contribution in [0, 0.1) is 0 Å². The Kier molecular flexibility index (Phi) is 1.33. The van der Waals surface area contributed by atoms with Crippen molar-refractivity contribution in [2.75, 3.05) is 0 Å². The van der Waals surface area contributed by atoms with E-state index in [4.69, 9.17) is 7.85 Å². The summed E-state index contributed by atoms with van der Waals surface area (Å²) < 4.78 is 1.62. The molecular weight excluding hydrogens is 101 g/mol. The zero-order chi connectivity index (χ0) is 5.98. The van der Waals surface area contributed by atoms with Gasteiger partial charge in [0, 0.05) is 12.1 Å². The zero-order valence-corrected chi connectivity index (χ0v) is 4.70. The Balaban J connectivity index is 2.92. The van der Waals surface area contributed by atoms with E-state index < -0.39 is 0 Å². The van der Waals surface area contributed by atoms with E-state index in [9.17, 15) is 0 Å². The van der Waals surface area contributed by atoms with Crippen molar-refractivity contribution in [2.45, 2.75) is 13.5 Å². The van der Waals surface area contributed by atoms with Crippen molar-refractivity contribution in [1.29, 1.82) is 0 Å². The van der Waals surface area contributed by atoms with Gasteiger partial charge in [-0.2, -0.15) is 0 Å². The topological polar surface area (TPSA) is 30.7 Å². The van der Waals surface area contributed by atoms with Crippen molar-refractivity contribution in [3.63, 3.8) is 0 Å². The summed E-state index contributed by atoms with van der Waals surface area (Å²) in [5.74, 6) is 0. The molecule has 1 heterocycles. The summed E-state index contributed by atoms with van der Waals surface area (Å²) in [7, 11) is 5.39. The minimum absolute atomic E-state index is 0.618. The van der Waals surface area contributed by atoms with Crippen LogP contribution in [0.25, 0.3) is 0 Å². The molecule has 0 saturated heterocycles. The number of hydrogen-bond acceptors (Lipinski definition) is 2. The average molecular weight is 107 g/mol. The van der Waals surface area contributed by atoms with Gasteiger partial charge in [-0.15, -0.1) is 5.10 Å². The molecule has 0 aliphatic carbocycles. The van der Waals surface area contributed by atoms with Crippen LogP contribution in [0.5, 0.6) is 0 Å². The molecule has 0 bridgehead atoms. The molecule has 0 spiro atoms. The molecule has 0 aliphatic heterocycles. The predicted octanol–water partition coefficient (Wildman–Crippen LogP) is -0.908. The first kappa shape index (κ1) is 5.34. The lowest BCUT2D eigenvalue weighted by molar-refractivity contribution is 0.640. The fourth-order valence-electron chi connectivity index (χ4n) is 0.511. The Morgan fingerprint density at radius 3 is 2.88 bits per heavy atom. The van der Waals surface area contributed by atoms with Crippen LogP contribution < -0.4 is 5.59 Å². The summed E-state index contributed by atoms with van der Waals surface area (Å²) in [5.41, 5.74) is 0.618. The fraction of sp³-hybridized carbons (Fsp3) is 0.500. The van der Waals surface area contributed by atoms with Crippen LogP contribution in [-0.4, -0.2) is 22.8 Å². The molecule has 0 aliphatic rings. The molecular formula is C4H6BN3. The zero-order valence-electron chi connectivity index (χ0n) is 4.70. The average Bonchev–Trinajstić information content (AvgIpc) is 2.14. The summed E-state index contributed by atoms with van der Waals surface area (Å²) in [5, 5.41) is 7.26. The molecule has 40 valence electrons. The molecule has 3 nitrogen and oxygen atoms in total.